The van der Waals surface area contributed by atoms with Crippen molar-refractivity contribution in [2.75, 3.05) is 7.11 Å². The highest BCUT2D eigenvalue weighted by molar-refractivity contribution is 6.11. The summed E-state index contributed by atoms with van der Waals surface area (Å²) < 4.78 is 6.58. The maximum atomic E-state index is 13.3. The van der Waals surface area contributed by atoms with Crippen LogP contribution < -0.4 is 10.3 Å². The molecule has 0 unspecified atom stereocenters. The predicted molar refractivity (Wildman–Crippen MR) is 107 cm³/mol. The van der Waals surface area contributed by atoms with E-state index in [4.69, 9.17) is 4.74 Å². The number of carboxylic acid groups (broad SMARTS) is 1. The largest absolute Gasteiger partial charge is 0.493 e. The zero-order valence-electron chi connectivity index (χ0n) is 15.7. The first-order chi connectivity index (χ1) is 13.9. The van der Waals surface area contributed by atoms with E-state index in [1.54, 1.807) is 49.5 Å². The standard InChI is InChI=1S/C21H17N3O5/c1-11-15-13(8-9-22-11)24(10-14(25)12-6-4-3-5-7-12)20(26)16-17(15)23-18(21(27)28)19(16)29-2/h3-9,23H,10H2,1-2H3,(H,27,28). The number of nitrogens with one attached hydrogen (secondary N) is 1. The molecule has 0 bridgehead atoms. The fourth-order valence-corrected chi connectivity index (χ4v) is 3.58. The Morgan fingerprint density at radius 1 is 1.17 bits per heavy atom. The monoisotopic (exact) mass is 391 g/mol. The Morgan fingerprint density at radius 2 is 1.90 bits per heavy atom. The number of carbonyl (C=O) groups is 2. The molecule has 29 heavy (non-hydrogen) atoms. The van der Waals surface area contributed by atoms with Crippen LogP contribution in [0.5, 0.6) is 5.75 Å². The van der Waals surface area contributed by atoms with E-state index in [1.165, 1.54) is 11.7 Å². The molecule has 0 radical (unpaired) electrons. The number of carbonyl (C=O) groups excluding carboxylic acids is 1. The van der Waals surface area contributed by atoms with Gasteiger partial charge in [0.15, 0.2) is 17.2 Å². The zero-order valence-corrected chi connectivity index (χ0v) is 15.7. The van der Waals surface area contributed by atoms with E-state index in [0.717, 1.165) is 0 Å². The number of fused-ring (bicyclic) bond motifs is 3. The van der Waals surface area contributed by atoms with Gasteiger partial charge in [0.1, 0.15) is 5.39 Å². The lowest BCUT2D eigenvalue weighted by atomic mass is 10.1. The molecule has 146 valence electrons. The number of aromatic carboxylic acids is 1. The third-order valence-electron chi connectivity index (χ3n) is 4.89. The minimum absolute atomic E-state index is 0.0661. The number of hydrogen-bond donors (Lipinski definition) is 2. The molecule has 0 saturated heterocycles. The molecule has 3 heterocycles. The fourth-order valence-electron chi connectivity index (χ4n) is 3.58. The quantitative estimate of drug-likeness (QED) is 0.506. The number of nitrogens with zero attached hydrogens (tertiary/aromatic N) is 2. The number of Topliss-reactive ketones (excluding diaryl/α,β-unsaturated/α-hetero) is 1. The summed E-state index contributed by atoms with van der Waals surface area (Å²) in [6.45, 7) is 1.55. The molecule has 2 N–H and O–H groups in total. The highest BCUT2D eigenvalue weighted by Crippen LogP contribution is 2.33. The Morgan fingerprint density at radius 3 is 2.55 bits per heavy atom. The molecule has 8 heteroatoms. The van der Waals surface area contributed by atoms with Gasteiger partial charge in [-0.05, 0) is 13.0 Å². The van der Waals surface area contributed by atoms with Crippen LogP contribution in [0.15, 0.2) is 47.4 Å². The van der Waals surface area contributed by atoms with Gasteiger partial charge in [-0.3, -0.25) is 19.1 Å². The van der Waals surface area contributed by atoms with Crippen molar-refractivity contribution in [1.29, 1.82) is 0 Å². The summed E-state index contributed by atoms with van der Waals surface area (Å²) in [4.78, 5) is 44.8. The molecule has 0 atom stereocenters. The zero-order chi connectivity index (χ0) is 20.7. The lowest BCUT2D eigenvalue weighted by Crippen LogP contribution is -2.25. The number of pyridine rings is 2. The molecule has 0 aliphatic carbocycles. The van der Waals surface area contributed by atoms with Crippen LogP contribution in [-0.4, -0.2) is 38.5 Å². The minimum Gasteiger partial charge on any atom is -0.493 e. The summed E-state index contributed by atoms with van der Waals surface area (Å²) >= 11 is 0. The van der Waals surface area contributed by atoms with Crippen LogP contribution in [0.4, 0.5) is 0 Å². The molecule has 0 aliphatic rings. The predicted octanol–water partition coefficient (Wildman–Crippen LogP) is 2.78. The van der Waals surface area contributed by atoms with Crippen LogP contribution in [0, 0.1) is 6.92 Å². The lowest BCUT2D eigenvalue weighted by molar-refractivity contribution is 0.0687. The summed E-state index contributed by atoms with van der Waals surface area (Å²) in [6.07, 6.45) is 1.55. The van der Waals surface area contributed by atoms with Crippen molar-refractivity contribution in [3.8, 4) is 5.75 Å². The van der Waals surface area contributed by atoms with Crippen LogP contribution >= 0.6 is 0 Å². The molecule has 0 amide bonds. The van der Waals surface area contributed by atoms with Crippen molar-refractivity contribution in [3.05, 3.63) is 69.9 Å². The summed E-state index contributed by atoms with van der Waals surface area (Å²) in [5.41, 5.74) is 1.15. The van der Waals surface area contributed by atoms with Gasteiger partial charge in [-0.15, -0.1) is 0 Å². The molecule has 0 saturated carbocycles. The molecule has 0 fully saturated rings. The Labute approximate surface area is 164 Å². The molecule has 0 aliphatic heterocycles. The highest BCUT2D eigenvalue weighted by Gasteiger charge is 2.25. The number of carboxylic acids is 1. The number of benzene rings is 1. The third kappa shape index (κ3) is 2.85. The van der Waals surface area contributed by atoms with Crippen LogP contribution in [-0.2, 0) is 6.54 Å². The Balaban J connectivity index is 2.07. The number of ether oxygens (including phenoxy) is 1. The van der Waals surface area contributed by atoms with Gasteiger partial charge in [0.25, 0.3) is 5.56 Å². The topological polar surface area (TPSA) is 114 Å². The third-order valence-corrected chi connectivity index (χ3v) is 4.89. The molecule has 0 spiro atoms. The maximum absolute atomic E-state index is 13.3. The number of hydrogen-bond acceptors (Lipinski definition) is 5. The van der Waals surface area contributed by atoms with Crippen LogP contribution in [0.3, 0.4) is 0 Å². The van der Waals surface area contributed by atoms with E-state index >= 15 is 0 Å². The van der Waals surface area contributed by atoms with Gasteiger partial charge in [0, 0.05) is 22.8 Å². The molecular weight excluding hydrogens is 374 g/mol. The van der Waals surface area contributed by atoms with Crippen molar-refractivity contribution in [2.24, 2.45) is 0 Å². The van der Waals surface area contributed by atoms with Crippen molar-refractivity contribution in [1.82, 2.24) is 14.5 Å². The van der Waals surface area contributed by atoms with E-state index < -0.39 is 11.5 Å². The number of aromatic nitrogens is 3. The average Bonchev–Trinajstić information content (AvgIpc) is 3.11. The van der Waals surface area contributed by atoms with E-state index in [1.807, 2.05) is 0 Å². The van der Waals surface area contributed by atoms with Gasteiger partial charge < -0.3 is 14.8 Å². The Kier molecular flexibility index (Phi) is 4.38. The van der Waals surface area contributed by atoms with Crippen LogP contribution in [0.25, 0.3) is 21.8 Å². The van der Waals surface area contributed by atoms with E-state index in [-0.39, 0.29) is 29.2 Å². The van der Waals surface area contributed by atoms with Crippen molar-refractivity contribution < 1.29 is 19.4 Å². The number of rotatable bonds is 5. The van der Waals surface area contributed by atoms with Crippen molar-refractivity contribution in [2.45, 2.75) is 13.5 Å². The van der Waals surface area contributed by atoms with E-state index in [0.29, 0.717) is 27.7 Å². The van der Waals surface area contributed by atoms with Gasteiger partial charge in [0.2, 0.25) is 0 Å². The Bertz CT molecular complexity index is 1340. The summed E-state index contributed by atoms with van der Waals surface area (Å²) in [6, 6.07) is 10.3. The first-order valence-corrected chi connectivity index (χ1v) is 8.83. The number of methoxy groups -OCH3 is 1. The highest BCUT2D eigenvalue weighted by atomic mass is 16.5. The summed E-state index contributed by atoms with van der Waals surface area (Å²) in [7, 11) is 1.30. The van der Waals surface area contributed by atoms with E-state index in [9.17, 15) is 19.5 Å². The second kappa shape index (κ2) is 6.90. The second-order valence-electron chi connectivity index (χ2n) is 6.56. The SMILES string of the molecule is COc1c(C(=O)O)[nH]c2c1c(=O)n(CC(=O)c1ccccc1)c1ccnc(C)c21. The smallest absolute Gasteiger partial charge is 0.356 e. The number of aryl methyl sites for hydroxylation is 1. The average molecular weight is 391 g/mol. The maximum Gasteiger partial charge on any atom is 0.356 e. The molecule has 4 aromatic rings. The van der Waals surface area contributed by atoms with Gasteiger partial charge >= 0.3 is 5.97 Å². The first-order valence-electron chi connectivity index (χ1n) is 8.83. The minimum atomic E-state index is -1.25. The Hall–Kier alpha value is -3.94. The summed E-state index contributed by atoms with van der Waals surface area (Å²) in [5, 5.41) is 10.1. The molecule has 8 nitrogen and oxygen atoms in total. The van der Waals surface area contributed by atoms with Gasteiger partial charge in [0.05, 0.1) is 24.7 Å². The second-order valence-corrected chi connectivity index (χ2v) is 6.56. The van der Waals surface area contributed by atoms with Crippen molar-refractivity contribution >= 4 is 33.6 Å². The van der Waals surface area contributed by atoms with Gasteiger partial charge in [-0.1, -0.05) is 30.3 Å². The van der Waals surface area contributed by atoms with E-state index in [2.05, 4.69) is 9.97 Å². The molecule has 1 aromatic carbocycles. The number of aromatic amines is 1. The first kappa shape index (κ1) is 18.4. The number of ketones is 1. The van der Waals surface area contributed by atoms with Crippen LogP contribution in [0.1, 0.15) is 26.5 Å². The summed E-state index contributed by atoms with van der Waals surface area (Å²) in [5.74, 6) is -1.56. The molecule has 3 aromatic heterocycles. The lowest BCUT2D eigenvalue weighted by Gasteiger charge is -2.12. The fraction of sp³-hybridized carbons (Fsp3) is 0.143. The molecular formula is C21H17N3O5. The number of H-pyrrole nitrogens is 1. The van der Waals surface area contributed by atoms with Gasteiger partial charge in [-0.2, -0.15) is 0 Å². The van der Waals surface area contributed by atoms with Crippen LogP contribution in [0.2, 0.25) is 0 Å². The van der Waals surface area contributed by atoms with Gasteiger partial charge in [-0.25, -0.2) is 4.79 Å². The normalized spacial score (nSPS) is 11.1. The molecule has 4 rings (SSSR count). The van der Waals surface area contributed by atoms with Crippen molar-refractivity contribution in [3.63, 3.8) is 0 Å².